The van der Waals surface area contributed by atoms with Crippen molar-refractivity contribution < 1.29 is 0 Å². The maximum atomic E-state index is 2.38. The maximum Gasteiger partial charge on any atom is -0.0354 e. The van der Waals surface area contributed by atoms with Crippen molar-refractivity contribution in [3.63, 3.8) is 0 Å². The van der Waals surface area contributed by atoms with E-state index in [1.807, 2.05) is 0 Å². The van der Waals surface area contributed by atoms with Crippen molar-refractivity contribution in [3.05, 3.63) is 0 Å². The first-order chi connectivity index (χ1) is 6.17. The predicted octanol–water partition coefficient (Wildman–Crippen LogP) is 5.28. The summed E-state index contributed by atoms with van der Waals surface area (Å²) >= 11 is 0. The largest absolute Gasteiger partial charge is 0.0654 e. The van der Waals surface area contributed by atoms with Crippen LogP contribution in [0, 0.1) is 16.7 Å². The molecule has 0 aliphatic heterocycles. The van der Waals surface area contributed by atoms with Crippen LogP contribution in [-0.4, -0.2) is 0 Å². The quantitative estimate of drug-likeness (QED) is 0.577. The zero-order valence-corrected chi connectivity index (χ0v) is 11.4. The van der Waals surface area contributed by atoms with Gasteiger partial charge in [0.15, 0.2) is 0 Å². The van der Waals surface area contributed by atoms with Gasteiger partial charge in [-0.3, -0.25) is 0 Å². The van der Waals surface area contributed by atoms with Gasteiger partial charge < -0.3 is 0 Å². The summed E-state index contributed by atoms with van der Waals surface area (Å²) in [4.78, 5) is 0. The highest BCUT2D eigenvalue weighted by Gasteiger charge is 2.25. The van der Waals surface area contributed by atoms with Crippen LogP contribution in [0.5, 0.6) is 0 Å². The highest BCUT2D eigenvalue weighted by atomic mass is 14.3. The van der Waals surface area contributed by atoms with Crippen LogP contribution in [0.4, 0.5) is 0 Å². The van der Waals surface area contributed by atoms with Crippen molar-refractivity contribution in [2.24, 2.45) is 16.7 Å². The molecule has 0 aliphatic rings. The van der Waals surface area contributed by atoms with Crippen LogP contribution in [0.3, 0.4) is 0 Å². The molecular weight excluding hydrogens is 168 g/mol. The van der Waals surface area contributed by atoms with E-state index < -0.39 is 0 Å². The van der Waals surface area contributed by atoms with E-state index in [1.165, 1.54) is 25.7 Å². The van der Waals surface area contributed by atoms with E-state index in [9.17, 15) is 0 Å². The Balaban J connectivity index is 4.12. The lowest BCUT2D eigenvalue weighted by Crippen LogP contribution is -2.22. The van der Waals surface area contributed by atoms with Crippen LogP contribution < -0.4 is 0 Å². The molecule has 0 rings (SSSR count). The minimum Gasteiger partial charge on any atom is -0.0654 e. The Kier molecular flexibility index (Phi) is 5.19. The van der Waals surface area contributed by atoms with Gasteiger partial charge in [-0.25, -0.2) is 0 Å². The van der Waals surface area contributed by atoms with Gasteiger partial charge in [0.05, 0.1) is 0 Å². The Morgan fingerprint density at radius 2 is 1.36 bits per heavy atom. The Labute approximate surface area is 91.5 Å². The number of hydrogen-bond acceptors (Lipinski definition) is 0. The summed E-state index contributed by atoms with van der Waals surface area (Å²) in [5.41, 5.74) is 0.985. The predicted molar refractivity (Wildman–Crippen MR) is 66.5 cm³/mol. The van der Waals surface area contributed by atoms with E-state index in [0.29, 0.717) is 10.8 Å². The van der Waals surface area contributed by atoms with E-state index in [4.69, 9.17) is 0 Å². The highest BCUT2D eigenvalue weighted by Crippen LogP contribution is 2.36. The second-order valence-electron chi connectivity index (χ2n) is 6.95. The van der Waals surface area contributed by atoms with Gasteiger partial charge in [0, 0.05) is 0 Å². The smallest absolute Gasteiger partial charge is 0.0354 e. The molecule has 0 spiro atoms. The lowest BCUT2D eigenvalue weighted by molar-refractivity contribution is 0.183. The summed E-state index contributed by atoms with van der Waals surface area (Å²) in [6, 6.07) is 0. The lowest BCUT2D eigenvalue weighted by atomic mass is 9.73. The molecule has 0 fully saturated rings. The van der Waals surface area contributed by atoms with Crippen LogP contribution >= 0.6 is 0 Å². The zero-order chi connectivity index (χ0) is 11.4. The van der Waals surface area contributed by atoms with Gasteiger partial charge in [-0.1, -0.05) is 61.3 Å². The summed E-state index contributed by atoms with van der Waals surface area (Å²) in [6.07, 6.45) is 5.46. The van der Waals surface area contributed by atoms with Crippen LogP contribution in [0.1, 0.15) is 74.1 Å². The third kappa shape index (κ3) is 6.45. The first-order valence-electron chi connectivity index (χ1n) is 6.17. The van der Waals surface area contributed by atoms with Gasteiger partial charge in [0.1, 0.15) is 0 Å². The summed E-state index contributed by atoms with van der Waals surface area (Å²) in [7, 11) is 0. The van der Waals surface area contributed by atoms with E-state index in [0.717, 1.165) is 5.92 Å². The zero-order valence-electron chi connectivity index (χ0n) is 11.4. The third-order valence-corrected chi connectivity index (χ3v) is 3.10. The number of hydrogen-bond donors (Lipinski definition) is 0. The second kappa shape index (κ2) is 5.19. The van der Waals surface area contributed by atoms with Gasteiger partial charge >= 0.3 is 0 Å². The fraction of sp³-hybridized carbons (Fsp3) is 1.00. The SMILES string of the molecule is CCCC(CCC(C)(C)C)C(C)(C)C. The van der Waals surface area contributed by atoms with Crippen molar-refractivity contribution in [2.75, 3.05) is 0 Å². The van der Waals surface area contributed by atoms with Crippen molar-refractivity contribution >= 4 is 0 Å². The Morgan fingerprint density at radius 1 is 0.857 bits per heavy atom. The topological polar surface area (TPSA) is 0 Å². The van der Waals surface area contributed by atoms with Gasteiger partial charge in [-0.05, 0) is 29.6 Å². The molecule has 0 radical (unpaired) electrons. The Bertz CT molecular complexity index is 142. The molecule has 0 heterocycles. The first-order valence-corrected chi connectivity index (χ1v) is 6.17. The molecule has 0 aromatic heterocycles. The summed E-state index contributed by atoms with van der Waals surface area (Å²) in [5, 5.41) is 0. The Morgan fingerprint density at radius 3 is 1.64 bits per heavy atom. The molecule has 0 amide bonds. The molecule has 0 heteroatoms. The molecule has 0 nitrogen and oxygen atoms in total. The molecule has 14 heavy (non-hydrogen) atoms. The van der Waals surface area contributed by atoms with Crippen molar-refractivity contribution in [1.29, 1.82) is 0 Å². The van der Waals surface area contributed by atoms with Crippen molar-refractivity contribution in [1.82, 2.24) is 0 Å². The molecule has 0 aliphatic carbocycles. The third-order valence-electron chi connectivity index (χ3n) is 3.10. The summed E-state index contributed by atoms with van der Waals surface area (Å²) < 4.78 is 0. The van der Waals surface area contributed by atoms with Crippen LogP contribution in [0.15, 0.2) is 0 Å². The normalized spacial score (nSPS) is 15.6. The van der Waals surface area contributed by atoms with Gasteiger partial charge in [0.2, 0.25) is 0 Å². The number of rotatable bonds is 4. The minimum absolute atomic E-state index is 0.487. The van der Waals surface area contributed by atoms with E-state index in [2.05, 4.69) is 48.5 Å². The van der Waals surface area contributed by atoms with E-state index in [1.54, 1.807) is 0 Å². The molecule has 0 saturated heterocycles. The van der Waals surface area contributed by atoms with Crippen LogP contribution in [0.2, 0.25) is 0 Å². The van der Waals surface area contributed by atoms with Gasteiger partial charge in [0.25, 0.3) is 0 Å². The van der Waals surface area contributed by atoms with Crippen LogP contribution in [0.25, 0.3) is 0 Å². The average Bonchev–Trinajstić information content (AvgIpc) is 1.93. The molecule has 0 aromatic rings. The van der Waals surface area contributed by atoms with Gasteiger partial charge in [-0.2, -0.15) is 0 Å². The standard InChI is InChI=1S/C14H30/c1-8-9-12(14(5,6)7)10-11-13(2,3)4/h12H,8-11H2,1-7H3. The first kappa shape index (κ1) is 14.0. The van der Waals surface area contributed by atoms with Crippen LogP contribution in [-0.2, 0) is 0 Å². The molecule has 0 aromatic carbocycles. The fourth-order valence-corrected chi connectivity index (χ4v) is 1.97. The molecule has 0 bridgehead atoms. The molecule has 0 saturated carbocycles. The lowest BCUT2D eigenvalue weighted by Gasteiger charge is -2.33. The highest BCUT2D eigenvalue weighted by molar-refractivity contribution is 4.76. The molecule has 1 atom stereocenters. The minimum atomic E-state index is 0.487. The average molecular weight is 198 g/mol. The molecule has 86 valence electrons. The fourth-order valence-electron chi connectivity index (χ4n) is 1.97. The van der Waals surface area contributed by atoms with Crippen molar-refractivity contribution in [2.45, 2.75) is 74.1 Å². The summed E-state index contributed by atoms with van der Waals surface area (Å²) in [5.74, 6) is 0.895. The van der Waals surface area contributed by atoms with Crippen molar-refractivity contribution in [3.8, 4) is 0 Å². The summed E-state index contributed by atoms with van der Waals surface area (Å²) in [6.45, 7) is 16.5. The van der Waals surface area contributed by atoms with E-state index >= 15 is 0 Å². The molecular formula is C14H30. The van der Waals surface area contributed by atoms with Gasteiger partial charge in [-0.15, -0.1) is 0 Å². The monoisotopic (exact) mass is 198 g/mol. The maximum absolute atomic E-state index is 2.38. The molecule has 0 N–H and O–H groups in total. The second-order valence-corrected chi connectivity index (χ2v) is 6.95. The molecule has 1 unspecified atom stereocenters. The van der Waals surface area contributed by atoms with E-state index in [-0.39, 0.29) is 0 Å². The Hall–Kier alpha value is 0.